The van der Waals surface area contributed by atoms with E-state index in [-0.39, 0.29) is 5.78 Å². The molecule has 1 aliphatic rings. The van der Waals surface area contributed by atoms with Crippen LogP contribution in [-0.2, 0) is 6.42 Å². The summed E-state index contributed by atoms with van der Waals surface area (Å²) >= 11 is 0. The average Bonchev–Trinajstić information content (AvgIpc) is 2.86. The Kier molecular flexibility index (Phi) is 4.65. The third-order valence-corrected chi connectivity index (χ3v) is 4.80. The normalized spacial score (nSPS) is 15.4. The van der Waals surface area contributed by atoms with Gasteiger partial charge in [-0.05, 0) is 49.1 Å². The van der Waals surface area contributed by atoms with Crippen molar-refractivity contribution in [3.05, 3.63) is 108 Å². The van der Waals surface area contributed by atoms with Gasteiger partial charge in [0.15, 0.2) is 5.78 Å². The summed E-state index contributed by atoms with van der Waals surface area (Å²) < 4.78 is 0. The number of ketones is 1. The molecule has 26 heavy (non-hydrogen) atoms. The molecule has 0 N–H and O–H groups in total. The van der Waals surface area contributed by atoms with Crippen LogP contribution in [0.4, 0.5) is 11.4 Å². The van der Waals surface area contributed by atoms with Gasteiger partial charge in [0.05, 0.1) is 0 Å². The first kappa shape index (κ1) is 16.3. The van der Waals surface area contributed by atoms with Crippen molar-refractivity contribution < 1.29 is 4.79 Å². The van der Waals surface area contributed by atoms with Gasteiger partial charge >= 0.3 is 0 Å². The van der Waals surface area contributed by atoms with Gasteiger partial charge in [0.1, 0.15) is 0 Å². The Labute approximate surface area is 154 Å². The minimum absolute atomic E-state index is 0.148. The molecule has 2 nitrogen and oxygen atoms in total. The molecule has 2 heteroatoms. The molecule has 3 aromatic carbocycles. The quantitative estimate of drug-likeness (QED) is 0.435. The number of hydrogen-bond acceptors (Lipinski definition) is 2. The smallest absolute Gasteiger partial charge is 0.190 e. The average molecular weight is 339 g/mol. The van der Waals surface area contributed by atoms with Crippen LogP contribution in [0.1, 0.15) is 28.8 Å². The van der Waals surface area contributed by atoms with Gasteiger partial charge < -0.3 is 4.90 Å². The van der Waals surface area contributed by atoms with Crippen LogP contribution in [0.3, 0.4) is 0 Å². The molecule has 0 saturated heterocycles. The van der Waals surface area contributed by atoms with Gasteiger partial charge in [-0.15, -0.1) is 0 Å². The van der Waals surface area contributed by atoms with Crippen molar-refractivity contribution >= 4 is 17.2 Å². The molecule has 0 fully saturated rings. The van der Waals surface area contributed by atoms with Crippen LogP contribution < -0.4 is 4.90 Å². The molecule has 1 aliphatic carbocycles. The lowest BCUT2D eigenvalue weighted by atomic mass is 10.0. The SMILES string of the molecule is O=C1/C(=C/N(c2ccccc2)c2ccccc2)CCCc2ccccc21. The minimum atomic E-state index is 0.148. The fourth-order valence-corrected chi connectivity index (χ4v) is 3.47. The molecule has 0 atom stereocenters. The van der Waals surface area contributed by atoms with E-state index >= 15 is 0 Å². The number of benzene rings is 3. The van der Waals surface area contributed by atoms with E-state index in [1.165, 1.54) is 0 Å². The van der Waals surface area contributed by atoms with E-state index in [9.17, 15) is 4.79 Å². The van der Waals surface area contributed by atoms with Crippen molar-refractivity contribution in [2.75, 3.05) is 4.90 Å². The summed E-state index contributed by atoms with van der Waals surface area (Å²) in [6.07, 6.45) is 4.76. The lowest BCUT2D eigenvalue weighted by Crippen LogP contribution is -2.13. The van der Waals surface area contributed by atoms with Crippen LogP contribution in [0.15, 0.2) is 96.7 Å². The number of anilines is 2. The summed E-state index contributed by atoms with van der Waals surface area (Å²) in [5, 5.41) is 0. The van der Waals surface area contributed by atoms with E-state index in [0.717, 1.165) is 47.3 Å². The number of Topliss-reactive ketones (excluding diaryl/α,β-unsaturated/α-hetero) is 1. The van der Waals surface area contributed by atoms with Gasteiger partial charge in [-0.3, -0.25) is 4.79 Å². The summed E-state index contributed by atoms with van der Waals surface area (Å²) in [6, 6.07) is 28.4. The molecular weight excluding hydrogens is 318 g/mol. The van der Waals surface area contributed by atoms with Gasteiger partial charge in [0.2, 0.25) is 0 Å². The predicted octanol–water partition coefficient (Wildman–Crippen LogP) is 5.93. The highest BCUT2D eigenvalue weighted by molar-refractivity contribution is 6.10. The second kappa shape index (κ2) is 7.40. The maximum absolute atomic E-state index is 13.1. The molecule has 0 spiro atoms. The number of para-hydroxylation sites is 2. The predicted molar refractivity (Wildman–Crippen MR) is 107 cm³/mol. The summed E-state index contributed by atoms with van der Waals surface area (Å²) in [6.45, 7) is 0. The van der Waals surface area contributed by atoms with E-state index < -0.39 is 0 Å². The molecule has 0 unspecified atom stereocenters. The number of hydrogen-bond donors (Lipinski definition) is 0. The van der Waals surface area contributed by atoms with Gasteiger partial charge in [-0.1, -0.05) is 60.7 Å². The van der Waals surface area contributed by atoms with Crippen molar-refractivity contribution in [1.82, 2.24) is 0 Å². The third kappa shape index (κ3) is 3.31. The highest BCUT2D eigenvalue weighted by Crippen LogP contribution is 2.30. The number of carbonyl (C=O) groups excluding carboxylic acids is 1. The molecule has 0 saturated carbocycles. The lowest BCUT2D eigenvalue weighted by molar-refractivity contribution is 0.103. The van der Waals surface area contributed by atoms with Crippen LogP contribution in [0.2, 0.25) is 0 Å². The Morgan fingerprint density at radius 3 is 1.92 bits per heavy atom. The number of carbonyl (C=O) groups is 1. The van der Waals surface area contributed by atoms with Crippen molar-refractivity contribution in [3.8, 4) is 0 Å². The summed E-state index contributed by atoms with van der Waals surface area (Å²) in [4.78, 5) is 15.3. The number of allylic oxidation sites excluding steroid dienone is 1. The van der Waals surface area contributed by atoms with E-state index in [2.05, 4.69) is 35.2 Å². The largest absolute Gasteiger partial charge is 0.317 e. The Morgan fingerprint density at radius 2 is 1.27 bits per heavy atom. The highest BCUT2D eigenvalue weighted by atomic mass is 16.1. The molecule has 4 rings (SSSR count). The van der Waals surface area contributed by atoms with Crippen LogP contribution in [0.25, 0.3) is 0 Å². The Hall–Kier alpha value is -3.13. The van der Waals surface area contributed by atoms with Gasteiger partial charge in [-0.2, -0.15) is 0 Å². The molecule has 0 heterocycles. The number of aryl methyl sites for hydroxylation is 1. The molecule has 3 aromatic rings. The first-order valence-electron chi connectivity index (χ1n) is 9.05. The zero-order chi connectivity index (χ0) is 17.8. The number of fused-ring (bicyclic) bond motifs is 1. The molecule has 0 amide bonds. The van der Waals surface area contributed by atoms with Gasteiger partial charge in [0, 0.05) is 28.7 Å². The first-order valence-corrected chi connectivity index (χ1v) is 9.05. The summed E-state index contributed by atoms with van der Waals surface area (Å²) in [7, 11) is 0. The van der Waals surface area contributed by atoms with Crippen LogP contribution >= 0.6 is 0 Å². The first-order chi connectivity index (χ1) is 12.8. The summed E-state index contributed by atoms with van der Waals surface area (Å²) in [5.74, 6) is 0.148. The molecule has 128 valence electrons. The topological polar surface area (TPSA) is 20.3 Å². The van der Waals surface area contributed by atoms with Crippen LogP contribution in [-0.4, -0.2) is 5.78 Å². The van der Waals surface area contributed by atoms with Crippen molar-refractivity contribution in [3.63, 3.8) is 0 Å². The fourth-order valence-electron chi connectivity index (χ4n) is 3.47. The maximum Gasteiger partial charge on any atom is 0.190 e. The maximum atomic E-state index is 13.1. The van der Waals surface area contributed by atoms with Crippen LogP contribution in [0.5, 0.6) is 0 Å². The second-order valence-corrected chi connectivity index (χ2v) is 6.54. The fraction of sp³-hybridized carbons (Fsp3) is 0.125. The number of rotatable bonds is 3. The molecule has 0 radical (unpaired) electrons. The zero-order valence-corrected chi connectivity index (χ0v) is 14.6. The van der Waals surface area contributed by atoms with E-state index in [1.807, 2.05) is 60.8 Å². The zero-order valence-electron chi connectivity index (χ0n) is 14.6. The monoisotopic (exact) mass is 339 g/mol. The van der Waals surface area contributed by atoms with Gasteiger partial charge in [0.25, 0.3) is 0 Å². The number of nitrogens with zero attached hydrogens (tertiary/aromatic N) is 1. The van der Waals surface area contributed by atoms with Crippen LogP contribution in [0, 0.1) is 0 Å². The molecular formula is C24H21NO. The Balaban J connectivity index is 1.79. The third-order valence-electron chi connectivity index (χ3n) is 4.80. The minimum Gasteiger partial charge on any atom is -0.317 e. The standard InChI is InChI=1S/C24H21NO/c26-24-20(12-9-11-19-10-7-8-17-23(19)24)18-25(21-13-3-1-4-14-21)22-15-5-2-6-16-22/h1-8,10,13-18H,9,11-12H2/b20-18+. The second-order valence-electron chi connectivity index (χ2n) is 6.54. The van der Waals surface area contributed by atoms with E-state index in [1.54, 1.807) is 0 Å². The lowest BCUT2D eigenvalue weighted by Gasteiger charge is -2.22. The van der Waals surface area contributed by atoms with E-state index in [0.29, 0.717) is 0 Å². The van der Waals surface area contributed by atoms with Crippen molar-refractivity contribution in [2.24, 2.45) is 0 Å². The molecule has 0 aliphatic heterocycles. The molecule has 0 bridgehead atoms. The van der Waals surface area contributed by atoms with Crippen molar-refractivity contribution in [1.29, 1.82) is 0 Å². The van der Waals surface area contributed by atoms with Gasteiger partial charge in [-0.25, -0.2) is 0 Å². The van der Waals surface area contributed by atoms with Crippen molar-refractivity contribution in [2.45, 2.75) is 19.3 Å². The Bertz CT molecular complexity index is 889. The Morgan fingerprint density at radius 1 is 0.692 bits per heavy atom. The summed E-state index contributed by atoms with van der Waals surface area (Å²) in [5.41, 5.74) is 4.97. The highest BCUT2D eigenvalue weighted by Gasteiger charge is 2.21. The van der Waals surface area contributed by atoms with E-state index in [4.69, 9.17) is 0 Å². The molecule has 0 aromatic heterocycles.